The quantitative estimate of drug-likeness (QED) is 0.277. The fourth-order valence-corrected chi connectivity index (χ4v) is 5.48. The van der Waals surface area contributed by atoms with Crippen LogP contribution in [0.25, 0.3) is 0 Å². The van der Waals surface area contributed by atoms with E-state index >= 15 is 0 Å². The highest BCUT2D eigenvalue weighted by molar-refractivity contribution is 5.78. The molecule has 2 aromatic carbocycles. The first-order valence-corrected chi connectivity index (χ1v) is 12.2. The summed E-state index contributed by atoms with van der Waals surface area (Å²) >= 11 is 0. The van der Waals surface area contributed by atoms with E-state index in [-0.39, 0.29) is 36.5 Å². The molecule has 184 valence electrons. The van der Waals surface area contributed by atoms with E-state index in [4.69, 9.17) is 10.5 Å². The summed E-state index contributed by atoms with van der Waals surface area (Å²) in [6.45, 7) is 2.39. The van der Waals surface area contributed by atoms with Gasteiger partial charge in [-0.25, -0.2) is 9.18 Å². The first-order valence-electron chi connectivity index (χ1n) is 12.2. The van der Waals surface area contributed by atoms with Gasteiger partial charge < -0.3 is 21.1 Å². The number of quaternary nitrogens is 1. The number of nitrogens with two attached hydrogens (primary N) is 1. The number of rotatable bonds is 9. The van der Waals surface area contributed by atoms with Gasteiger partial charge in [0.1, 0.15) is 17.2 Å². The van der Waals surface area contributed by atoms with Gasteiger partial charge in [0.15, 0.2) is 0 Å². The molecule has 6 nitrogen and oxygen atoms in total. The molecule has 1 unspecified atom stereocenters. The molecule has 3 atom stereocenters. The predicted molar refractivity (Wildman–Crippen MR) is 135 cm³/mol. The molecule has 4 rings (SSSR count). The minimum absolute atomic E-state index is 0.0939. The number of carbonyl (C=O) groups is 1. The van der Waals surface area contributed by atoms with E-state index in [0.717, 1.165) is 48.2 Å². The highest BCUT2D eigenvalue weighted by Crippen LogP contribution is 2.55. The van der Waals surface area contributed by atoms with E-state index in [9.17, 15) is 9.18 Å². The van der Waals surface area contributed by atoms with Crippen LogP contribution in [0.1, 0.15) is 44.2 Å². The number of nitrogens with one attached hydrogen (secondary N) is 3. The lowest BCUT2D eigenvalue weighted by molar-refractivity contribution is -0.513. The van der Waals surface area contributed by atoms with Crippen molar-refractivity contribution in [3.63, 3.8) is 0 Å². The number of aliphatic hydroxyl groups is 1. The molecule has 2 amide bonds. The van der Waals surface area contributed by atoms with Crippen LogP contribution in [0, 0.1) is 22.6 Å². The van der Waals surface area contributed by atoms with Gasteiger partial charge in [-0.2, -0.15) is 0 Å². The zero-order chi connectivity index (χ0) is 24.8. The Hall–Kier alpha value is -3.29. The van der Waals surface area contributed by atoms with Crippen LogP contribution in [0.2, 0.25) is 0 Å². The van der Waals surface area contributed by atoms with Crippen LogP contribution in [0.3, 0.4) is 0 Å². The highest BCUT2D eigenvalue weighted by Gasteiger charge is 2.46. The van der Waals surface area contributed by atoms with Crippen molar-refractivity contribution in [1.29, 1.82) is 5.41 Å². The Kier molecular flexibility index (Phi) is 7.78. The van der Waals surface area contributed by atoms with Crippen LogP contribution in [0.5, 0.6) is 0 Å². The largest absolute Gasteiger partial charge is 0.395 e. The molecule has 0 radical (unpaired) electrons. The lowest BCUT2D eigenvalue weighted by atomic mass is 9.67. The SMILES string of the molecule is C[C@]12CC(C=N)=C([NH2+]c3ccc(F)cc3)C=C1CC[C@@H]2CC(NC(=O)NCCO)c1ccccc1. The summed E-state index contributed by atoms with van der Waals surface area (Å²) in [5.74, 6) is 0.0719. The molecule has 6 N–H and O–H groups in total. The maximum absolute atomic E-state index is 13.3. The Labute approximate surface area is 205 Å². The number of hydrogen-bond donors (Lipinski definition) is 5. The molecule has 2 aromatic rings. The first-order chi connectivity index (χ1) is 16.9. The topological polar surface area (TPSA) is 102 Å². The molecule has 2 aliphatic carbocycles. The van der Waals surface area contributed by atoms with E-state index in [1.807, 2.05) is 35.6 Å². The van der Waals surface area contributed by atoms with Gasteiger partial charge in [-0.15, -0.1) is 0 Å². The van der Waals surface area contributed by atoms with E-state index < -0.39 is 0 Å². The van der Waals surface area contributed by atoms with Gasteiger partial charge in [0, 0.05) is 30.5 Å². The first kappa shape index (κ1) is 24.8. The molecule has 1 saturated carbocycles. The molecule has 7 heteroatoms. The van der Waals surface area contributed by atoms with Gasteiger partial charge >= 0.3 is 6.03 Å². The normalized spacial score (nSPS) is 22.3. The zero-order valence-electron chi connectivity index (χ0n) is 20.1. The second-order valence-corrected chi connectivity index (χ2v) is 9.64. The van der Waals surface area contributed by atoms with Gasteiger partial charge in [0.05, 0.1) is 12.6 Å². The predicted octanol–water partition coefficient (Wildman–Crippen LogP) is 4.09. The Bertz CT molecular complexity index is 1110. The summed E-state index contributed by atoms with van der Waals surface area (Å²) in [7, 11) is 0. The van der Waals surface area contributed by atoms with Crippen molar-refractivity contribution in [2.75, 3.05) is 13.2 Å². The monoisotopic (exact) mass is 477 g/mol. The van der Waals surface area contributed by atoms with Gasteiger partial charge in [0.25, 0.3) is 0 Å². The van der Waals surface area contributed by atoms with E-state index in [1.54, 1.807) is 12.1 Å². The van der Waals surface area contributed by atoms with Crippen molar-refractivity contribution >= 4 is 17.9 Å². The van der Waals surface area contributed by atoms with Crippen LogP contribution in [-0.2, 0) is 0 Å². The minimum atomic E-state index is -0.285. The number of allylic oxidation sites excluding steroid dienone is 3. The number of amides is 2. The summed E-state index contributed by atoms with van der Waals surface area (Å²) in [4.78, 5) is 12.4. The smallest absolute Gasteiger partial charge is 0.315 e. The average molecular weight is 478 g/mol. The maximum atomic E-state index is 13.3. The molecule has 0 bridgehead atoms. The van der Waals surface area contributed by atoms with Crippen LogP contribution in [0.4, 0.5) is 14.9 Å². The van der Waals surface area contributed by atoms with Crippen molar-refractivity contribution in [3.8, 4) is 0 Å². The van der Waals surface area contributed by atoms with Crippen LogP contribution in [0.15, 0.2) is 77.5 Å². The van der Waals surface area contributed by atoms with Gasteiger partial charge in [-0.3, -0.25) is 5.32 Å². The molecule has 1 fully saturated rings. The molecule has 35 heavy (non-hydrogen) atoms. The van der Waals surface area contributed by atoms with Crippen molar-refractivity contribution < 1.29 is 19.6 Å². The van der Waals surface area contributed by atoms with Crippen molar-refractivity contribution in [2.24, 2.45) is 11.3 Å². The molecule has 0 spiro atoms. The molecular weight excluding hydrogens is 443 g/mol. The van der Waals surface area contributed by atoms with E-state index in [1.165, 1.54) is 23.9 Å². The Morgan fingerprint density at radius 3 is 2.69 bits per heavy atom. The molecule has 0 saturated heterocycles. The minimum Gasteiger partial charge on any atom is -0.395 e. The zero-order valence-corrected chi connectivity index (χ0v) is 20.1. The third kappa shape index (κ3) is 5.69. The third-order valence-corrected chi connectivity index (χ3v) is 7.45. The summed E-state index contributed by atoms with van der Waals surface area (Å²) in [6.07, 6.45) is 7.20. The van der Waals surface area contributed by atoms with Gasteiger partial charge in [0.2, 0.25) is 0 Å². The van der Waals surface area contributed by atoms with Crippen molar-refractivity contribution in [1.82, 2.24) is 10.6 Å². The standard InChI is InChI=1S/C28H33FN4O2/c1-28-17-20(18-30)26(32-24-11-9-23(29)10-12-24)16-22(28)8-7-21(28)15-25(19-5-3-2-4-6-19)33-27(35)31-13-14-34/h2-6,9-12,16,18,21,25,30,32,34H,7-8,13-15,17H2,1H3,(H2,31,33,35)/p+1/t21-,25?,28-/m1/s1. The van der Waals surface area contributed by atoms with Crippen molar-refractivity contribution in [3.05, 3.63) is 88.9 Å². The van der Waals surface area contributed by atoms with Gasteiger partial charge in [-0.05, 0) is 60.8 Å². The highest BCUT2D eigenvalue weighted by atomic mass is 19.1. The lowest BCUT2D eigenvalue weighted by Crippen LogP contribution is -2.76. The van der Waals surface area contributed by atoms with Crippen LogP contribution in [-0.4, -0.2) is 30.5 Å². The number of hydrogen-bond acceptors (Lipinski definition) is 3. The summed E-state index contributed by atoms with van der Waals surface area (Å²) in [5.41, 5.74) is 5.23. The van der Waals surface area contributed by atoms with Crippen LogP contribution >= 0.6 is 0 Å². The fourth-order valence-electron chi connectivity index (χ4n) is 5.48. The number of benzene rings is 2. The summed E-state index contributed by atoms with van der Waals surface area (Å²) in [5, 5.41) is 25.0. The number of halogens is 1. The average Bonchev–Trinajstić information content (AvgIpc) is 3.18. The Morgan fingerprint density at radius 2 is 2.00 bits per heavy atom. The second-order valence-electron chi connectivity index (χ2n) is 9.64. The molecule has 0 heterocycles. The fraction of sp³-hybridized carbons (Fsp3) is 0.357. The number of aliphatic hydroxyl groups excluding tert-OH is 1. The summed E-state index contributed by atoms with van der Waals surface area (Å²) < 4.78 is 13.3. The molecule has 2 aliphatic rings. The van der Waals surface area contributed by atoms with Gasteiger partial charge in [-0.1, -0.05) is 42.8 Å². The molecular formula is C28H34FN4O2+. The van der Waals surface area contributed by atoms with E-state index in [0.29, 0.717) is 5.92 Å². The molecule has 0 aromatic heterocycles. The van der Waals surface area contributed by atoms with E-state index in [2.05, 4.69) is 23.6 Å². The Balaban J connectivity index is 1.54. The Morgan fingerprint density at radius 1 is 1.26 bits per heavy atom. The maximum Gasteiger partial charge on any atom is 0.315 e. The van der Waals surface area contributed by atoms with Crippen LogP contribution < -0.4 is 16.0 Å². The molecule has 0 aliphatic heterocycles. The lowest BCUT2D eigenvalue weighted by Gasteiger charge is -2.38. The third-order valence-electron chi connectivity index (χ3n) is 7.45. The summed E-state index contributed by atoms with van der Waals surface area (Å²) in [6, 6.07) is 16.0. The number of urea groups is 1. The number of fused-ring (bicyclic) bond motifs is 1. The van der Waals surface area contributed by atoms with Crippen molar-refractivity contribution in [2.45, 2.75) is 38.6 Å². The number of carbonyl (C=O) groups excluding carboxylic acids is 1. The second kappa shape index (κ2) is 11.0.